The summed E-state index contributed by atoms with van der Waals surface area (Å²) in [5.74, 6) is 1.20. The van der Waals surface area contributed by atoms with E-state index in [1.54, 1.807) is 0 Å². The minimum Gasteiger partial charge on any atom is -0.338 e. The Kier molecular flexibility index (Phi) is 2.82. The van der Waals surface area contributed by atoms with Gasteiger partial charge in [0.1, 0.15) is 0 Å². The van der Waals surface area contributed by atoms with Crippen LogP contribution in [0.5, 0.6) is 0 Å². The highest BCUT2D eigenvalue weighted by atomic mass is 33.1. The van der Waals surface area contributed by atoms with E-state index in [-0.39, 0.29) is 6.55 Å². The molecule has 0 aliphatic carbocycles. The second-order valence-corrected chi connectivity index (χ2v) is 7.36. The molecular formula is C3H7OPS2. The lowest BCUT2D eigenvalue weighted by molar-refractivity contribution is 0.407. The molecule has 0 saturated carbocycles. The van der Waals surface area contributed by atoms with Gasteiger partial charge in [-0.15, -0.1) is 0 Å². The van der Waals surface area contributed by atoms with Crippen LogP contribution in [0.2, 0.25) is 0 Å². The van der Waals surface area contributed by atoms with E-state index in [9.17, 15) is 0 Å². The Bertz CT molecular complexity index is 54.9. The van der Waals surface area contributed by atoms with Crippen molar-refractivity contribution in [3.05, 3.63) is 0 Å². The summed E-state index contributed by atoms with van der Waals surface area (Å²) in [5, 5.41) is 0. The van der Waals surface area contributed by atoms with Gasteiger partial charge in [0.15, 0.2) is 6.55 Å². The first-order chi connectivity index (χ1) is 3.43. The summed E-state index contributed by atoms with van der Waals surface area (Å²) in [5.41, 5.74) is 0. The van der Waals surface area contributed by atoms with Crippen LogP contribution < -0.4 is 0 Å². The standard InChI is InChI=1S/C3H7OPS2/c1-6-5-4-2-3-7-5/h2-3H2,1H3. The van der Waals surface area contributed by atoms with Crippen molar-refractivity contribution in [1.29, 1.82) is 0 Å². The summed E-state index contributed by atoms with van der Waals surface area (Å²) < 4.78 is 5.29. The molecule has 0 spiro atoms. The van der Waals surface area contributed by atoms with Crippen LogP contribution in [0.15, 0.2) is 0 Å². The predicted molar refractivity (Wildman–Crippen MR) is 38.8 cm³/mol. The van der Waals surface area contributed by atoms with Crippen LogP contribution >= 0.6 is 29.3 Å². The van der Waals surface area contributed by atoms with Crippen molar-refractivity contribution in [2.75, 3.05) is 18.6 Å². The molecule has 0 radical (unpaired) electrons. The van der Waals surface area contributed by atoms with E-state index in [2.05, 4.69) is 6.26 Å². The molecular weight excluding hydrogens is 147 g/mol. The zero-order valence-corrected chi connectivity index (χ0v) is 6.61. The van der Waals surface area contributed by atoms with Crippen molar-refractivity contribution in [2.24, 2.45) is 0 Å². The average Bonchev–Trinajstić information content (AvgIpc) is 2.14. The van der Waals surface area contributed by atoms with Crippen LogP contribution in [0.3, 0.4) is 0 Å². The summed E-state index contributed by atoms with van der Waals surface area (Å²) >= 11 is 3.79. The Balaban J connectivity index is 2.14. The molecule has 1 fully saturated rings. The highest BCUT2D eigenvalue weighted by molar-refractivity contribution is 8.87. The first-order valence-corrected chi connectivity index (χ1v) is 6.71. The normalized spacial score (nSPS) is 31.3. The van der Waals surface area contributed by atoms with Crippen LogP contribution in [0.1, 0.15) is 0 Å². The minimum atomic E-state index is -0.110. The molecule has 7 heavy (non-hydrogen) atoms. The summed E-state index contributed by atoms with van der Waals surface area (Å²) in [6.45, 7) is 0.860. The molecule has 0 amide bonds. The largest absolute Gasteiger partial charge is 0.338 e. The molecule has 1 heterocycles. The molecule has 0 N–H and O–H groups in total. The van der Waals surface area contributed by atoms with Gasteiger partial charge in [0.25, 0.3) is 0 Å². The zero-order chi connectivity index (χ0) is 5.11. The third-order valence-corrected chi connectivity index (χ3v) is 6.87. The molecule has 1 nitrogen and oxygen atoms in total. The topological polar surface area (TPSA) is 9.23 Å². The summed E-state index contributed by atoms with van der Waals surface area (Å²) in [7, 11) is 0. The molecule has 1 aliphatic heterocycles. The van der Waals surface area contributed by atoms with Gasteiger partial charge < -0.3 is 4.52 Å². The molecule has 1 saturated heterocycles. The highest BCUT2D eigenvalue weighted by Crippen LogP contribution is 2.63. The Morgan fingerprint density at radius 1 is 1.86 bits per heavy atom. The summed E-state index contributed by atoms with van der Waals surface area (Å²) in [6.07, 6.45) is 2.10. The van der Waals surface area contributed by atoms with E-state index in [1.165, 1.54) is 5.75 Å². The van der Waals surface area contributed by atoms with E-state index in [1.807, 2.05) is 22.8 Å². The molecule has 0 bridgehead atoms. The van der Waals surface area contributed by atoms with Crippen LogP contribution in [0, 0.1) is 0 Å². The predicted octanol–water partition coefficient (Wildman–Crippen LogP) is 2.34. The van der Waals surface area contributed by atoms with E-state index in [4.69, 9.17) is 4.52 Å². The van der Waals surface area contributed by atoms with Crippen molar-refractivity contribution in [1.82, 2.24) is 0 Å². The van der Waals surface area contributed by atoms with Gasteiger partial charge in [-0.3, -0.25) is 0 Å². The fourth-order valence-corrected chi connectivity index (χ4v) is 4.92. The molecule has 0 aromatic heterocycles. The minimum absolute atomic E-state index is 0.110. The average molecular weight is 154 g/mol. The van der Waals surface area contributed by atoms with Gasteiger partial charge in [0, 0.05) is 5.75 Å². The van der Waals surface area contributed by atoms with Gasteiger partial charge in [-0.2, -0.15) is 0 Å². The lowest BCUT2D eigenvalue weighted by atomic mass is 10.9. The lowest BCUT2D eigenvalue weighted by Crippen LogP contribution is -1.75. The number of rotatable bonds is 1. The number of hydrogen-bond acceptors (Lipinski definition) is 3. The summed E-state index contributed by atoms with van der Waals surface area (Å²) in [6, 6.07) is 0. The van der Waals surface area contributed by atoms with Crippen molar-refractivity contribution in [3.8, 4) is 0 Å². The summed E-state index contributed by atoms with van der Waals surface area (Å²) in [4.78, 5) is 0. The maximum absolute atomic E-state index is 5.29. The van der Waals surface area contributed by atoms with Gasteiger partial charge in [-0.1, -0.05) is 22.8 Å². The molecule has 0 aromatic rings. The highest BCUT2D eigenvalue weighted by Gasteiger charge is 2.13. The monoisotopic (exact) mass is 154 g/mol. The molecule has 1 rings (SSSR count). The van der Waals surface area contributed by atoms with Crippen LogP contribution in [-0.2, 0) is 4.52 Å². The lowest BCUT2D eigenvalue weighted by Gasteiger charge is -1.98. The molecule has 1 unspecified atom stereocenters. The van der Waals surface area contributed by atoms with E-state index in [0.717, 1.165) is 6.61 Å². The van der Waals surface area contributed by atoms with E-state index < -0.39 is 0 Å². The van der Waals surface area contributed by atoms with Gasteiger partial charge in [0.05, 0.1) is 6.61 Å². The third-order valence-electron chi connectivity index (χ3n) is 0.626. The SMILES string of the molecule is CSP1OCCS1. The van der Waals surface area contributed by atoms with E-state index in [0.29, 0.717) is 0 Å². The second kappa shape index (κ2) is 3.18. The van der Waals surface area contributed by atoms with Crippen molar-refractivity contribution in [3.63, 3.8) is 0 Å². The zero-order valence-electron chi connectivity index (χ0n) is 4.09. The number of hydrogen-bond donors (Lipinski definition) is 0. The Morgan fingerprint density at radius 2 is 2.71 bits per heavy atom. The van der Waals surface area contributed by atoms with Crippen LogP contribution in [0.25, 0.3) is 0 Å². The van der Waals surface area contributed by atoms with Crippen LogP contribution in [0.4, 0.5) is 0 Å². The smallest absolute Gasteiger partial charge is 0.151 e. The molecule has 1 atom stereocenters. The van der Waals surface area contributed by atoms with Crippen molar-refractivity contribution < 1.29 is 4.52 Å². The van der Waals surface area contributed by atoms with Crippen LogP contribution in [-0.4, -0.2) is 18.6 Å². The molecule has 42 valence electrons. The maximum atomic E-state index is 5.29. The molecule has 1 aliphatic rings. The van der Waals surface area contributed by atoms with Gasteiger partial charge in [-0.05, 0) is 6.26 Å². The van der Waals surface area contributed by atoms with Gasteiger partial charge in [-0.25, -0.2) is 0 Å². The Morgan fingerprint density at radius 3 is 3.00 bits per heavy atom. The first-order valence-electron chi connectivity index (χ1n) is 2.03. The van der Waals surface area contributed by atoms with Crippen molar-refractivity contribution in [2.45, 2.75) is 0 Å². The van der Waals surface area contributed by atoms with Gasteiger partial charge in [0.2, 0.25) is 0 Å². The second-order valence-electron chi connectivity index (χ2n) is 1.07. The molecule has 4 heteroatoms. The maximum Gasteiger partial charge on any atom is 0.151 e. The fraction of sp³-hybridized carbons (Fsp3) is 1.00. The third kappa shape index (κ3) is 1.80. The fourth-order valence-electron chi connectivity index (χ4n) is 0.366. The van der Waals surface area contributed by atoms with E-state index >= 15 is 0 Å². The Hall–Kier alpha value is 1.09. The van der Waals surface area contributed by atoms with Gasteiger partial charge >= 0.3 is 0 Å². The first kappa shape index (κ1) is 6.21. The Labute approximate surface area is 52.9 Å². The van der Waals surface area contributed by atoms with Crippen molar-refractivity contribution >= 4 is 29.3 Å². The molecule has 0 aromatic carbocycles. The quantitative estimate of drug-likeness (QED) is 0.536.